The normalized spacial score (nSPS) is 10.9. The number of rotatable bonds is 4. The molecule has 4 aromatic rings. The Morgan fingerprint density at radius 2 is 1.88 bits per heavy atom. The molecule has 0 amide bonds. The van der Waals surface area contributed by atoms with Crippen LogP contribution in [0.3, 0.4) is 0 Å². The summed E-state index contributed by atoms with van der Waals surface area (Å²) >= 11 is 0. The van der Waals surface area contributed by atoms with Crippen molar-refractivity contribution < 1.29 is 8.91 Å². The highest BCUT2D eigenvalue weighted by molar-refractivity contribution is 5.97. The molecule has 1 aromatic carbocycles. The lowest BCUT2D eigenvalue weighted by atomic mass is 10.1. The second-order valence-electron chi connectivity index (χ2n) is 5.12. The van der Waals surface area contributed by atoms with Crippen molar-refractivity contribution >= 4 is 16.9 Å². The molecule has 118 valence electrons. The number of aromatic nitrogens is 4. The van der Waals surface area contributed by atoms with E-state index >= 15 is 0 Å². The van der Waals surface area contributed by atoms with Gasteiger partial charge in [-0.1, -0.05) is 11.2 Å². The zero-order valence-corrected chi connectivity index (χ0v) is 12.5. The molecule has 3 aromatic heterocycles. The van der Waals surface area contributed by atoms with Gasteiger partial charge in [0.2, 0.25) is 0 Å². The average Bonchev–Trinajstić information content (AvgIpc) is 3.06. The SMILES string of the molecule is Fc1ccc(-c2noc3ncnc(NCc4ccccn4)c23)cc1. The standard InChI is InChI=1S/C17H12FN5O/c18-12-6-4-11(5-7-12)15-14-16(21-10-22-17(14)24-23-15)20-9-13-3-1-2-8-19-13/h1-8,10H,9H2,(H,20,21,22). The van der Waals surface area contributed by atoms with Crippen LogP contribution >= 0.6 is 0 Å². The maximum atomic E-state index is 13.1. The van der Waals surface area contributed by atoms with Gasteiger partial charge in [-0.05, 0) is 36.4 Å². The fourth-order valence-corrected chi connectivity index (χ4v) is 2.40. The van der Waals surface area contributed by atoms with Crippen LogP contribution in [-0.2, 0) is 6.54 Å². The Labute approximate surface area is 136 Å². The van der Waals surface area contributed by atoms with Gasteiger partial charge >= 0.3 is 0 Å². The van der Waals surface area contributed by atoms with E-state index < -0.39 is 0 Å². The van der Waals surface area contributed by atoms with Gasteiger partial charge in [0.25, 0.3) is 5.71 Å². The van der Waals surface area contributed by atoms with Crippen LogP contribution < -0.4 is 5.32 Å². The lowest BCUT2D eigenvalue weighted by Gasteiger charge is -2.06. The first-order chi connectivity index (χ1) is 11.8. The summed E-state index contributed by atoms with van der Waals surface area (Å²) in [5.41, 5.74) is 2.54. The molecule has 0 atom stereocenters. The number of nitrogens with zero attached hydrogens (tertiary/aromatic N) is 4. The lowest BCUT2D eigenvalue weighted by Crippen LogP contribution is -2.03. The summed E-state index contributed by atoms with van der Waals surface area (Å²) in [5, 5.41) is 7.93. The van der Waals surface area contributed by atoms with E-state index in [9.17, 15) is 4.39 Å². The molecule has 6 nitrogen and oxygen atoms in total. The first kappa shape index (κ1) is 14.3. The Morgan fingerprint density at radius 1 is 1.00 bits per heavy atom. The van der Waals surface area contributed by atoms with Crippen molar-refractivity contribution in [1.29, 1.82) is 0 Å². The first-order valence-electron chi connectivity index (χ1n) is 7.31. The first-order valence-corrected chi connectivity index (χ1v) is 7.31. The molecule has 1 N–H and O–H groups in total. The highest BCUT2D eigenvalue weighted by Gasteiger charge is 2.16. The quantitative estimate of drug-likeness (QED) is 0.620. The zero-order valence-electron chi connectivity index (χ0n) is 12.5. The van der Waals surface area contributed by atoms with Crippen molar-refractivity contribution in [3.05, 3.63) is 66.5 Å². The van der Waals surface area contributed by atoms with Crippen molar-refractivity contribution in [2.45, 2.75) is 6.54 Å². The van der Waals surface area contributed by atoms with E-state index in [1.165, 1.54) is 18.5 Å². The molecule has 4 rings (SSSR count). The van der Waals surface area contributed by atoms with E-state index in [1.807, 2.05) is 18.2 Å². The predicted octanol–water partition coefficient (Wildman–Crippen LogP) is 3.43. The molecule has 0 fully saturated rings. The Kier molecular flexibility index (Phi) is 3.59. The molecule has 7 heteroatoms. The largest absolute Gasteiger partial charge is 0.364 e. The Balaban J connectivity index is 1.73. The molecule has 3 heterocycles. The molecular weight excluding hydrogens is 309 g/mol. The molecule has 0 saturated carbocycles. The van der Waals surface area contributed by atoms with Gasteiger partial charge < -0.3 is 9.84 Å². The summed E-state index contributed by atoms with van der Waals surface area (Å²) in [6.07, 6.45) is 3.14. The van der Waals surface area contributed by atoms with Crippen molar-refractivity contribution in [2.24, 2.45) is 0 Å². The van der Waals surface area contributed by atoms with Crippen LogP contribution in [0.4, 0.5) is 10.2 Å². The fraction of sp³-hybridized carbons (Fsp3) is 0.0588. The van der Waals surface area contributed by atoms with Crippen LogP contribution in [0.1, 0.15) is 5.69 Å². The van der Waals surface area contributed by atoms with E-state index in [-0.39, 0.29) is 5.82 Å². The third kappa shape index (κ3) is 2.67. The summed E-state index contributed by atoms with van der Waals surface area (Å²) in [7, 11) is 0. The van der Waals surface area contributed by atoms with Gasteiger partial charge in [0, 0.05) is 11.8 Å². The van der Waals surface area contributed by atoms with Crippen LogP contribution in [0.5, 0.6) is 0 Å². The molecule has 0 saturated heterocycles. The highest BCUT2D eigenvalue weighted by atomic mass is 19.1. The third-order valence-corrected chi connectivity index (χ3v) is 3.55. The molecule has 0 spiro atoms. The van der Waals surface area contributed by atoms with Gasteiger partial charge in [0.05, 0.1) is 12.2 Å². The second-order valence-corrected chi connectivity index (χ2v) is 5.12. The van der Waals surface area contributed by atoms with Crippen molar-refractivity contribution in [3.63, 3.8) is 0 Å². The number of halogens is 1. The van der Waals surface area contributed by atoms with Crippen LogP contribution in [0.15, 0.2) is 59.5 Å². The van der Waals surface area contributed by atoms with Crippen LogP contribution in [0, 0.1) is 5.82 Å². The number of pyridine rings is 1. The van der Waals surface area contributed by atoms with Gasteiger partial charge in [-0.15, -0.1) is 0 Å². The molecule has 0 bridgehead atoms. The number of hydrogen-bond donors (Lipinski definition) is 1. The summed E-state index contributed by atoms with van der Waals surface area (Å²) in [5.74, 6) is 0.280. The molecular formula is C17H12FN5O. The maximum Gasteiger partial charge on any atom is 0.263 e. The topological polar surface area (TPSA) is 76.7 Å². The molecule has 0 aliphatic heterocycles. The number of fused-ring (bicyclic) bond motifs is 1. The van der Waals surface area contributed by atoms with Crippen LogP contribution in [0.25, 0.3) is 22.4 Å². The Hall–Kier alpha value is -3.35. The van der Waals surface area contributed by atoms with Crippen molar-refractivity contribution in [2.75, 3.05) is 5.32 Å². The molecule has 0 radical (unpaired) electrons. The number of benzene rings is 1. The summed E-state index contributed by atoms with van der Waals surface area (Å²) in [6, 6.07) is 11.7. The van der Waals surface area contributed by atoms with Crippen LogP contribution in [0.2, 0.25) is 0 Å². The summed E-state index contributed by atoms with van der Waals surface area (Å²) in [4.78, 5) is 12.6. The van der Waals surface area contributed by atoms with E-state index in [1.54, 1.807) is 18.3 Å². The van der Waals surface area contributed by atoms with E-state index in [4.69, 9.17) is 4.52 Å². The fourth-order valence-electron chi connectivity index (χ4n) is 2.40. The second kappa shape index (κ2) is 6.04. The van der Waals surface area contributed by atoms with Gasteiger partial charge in [-0.25, -0.2) is 9.37 Å². The predicted molar refractivity (Wildman–Crippen MR) is 86.6 cm³/mol. The smallest absolute Gasteiger partial charge is 0.263 e. The number of hydrogen-bond acceptors (Lipinski definition) is 6. The van der Waals surface area contributed by atoms with Gasteiger partial charge in [-0.2, -0.15) is 4.98 Å². The van der Waals surface area contributed by atoms with Crippen molar-refractivity contribution in [3.8, 4) is 11.3 Å². The molecule has 0 unspecified atom stereocenters. The number of nitrogens with one attached hydrogen (secondary N) is 1. The third-order valence-electron chi connectivity index (χ3n) is 3.55. The maximum absolute atomic E-state index is 13.1. The highest BCUT2D eigenvalue weighted by Crippen LogP contribution is 2.31. The lowest BCUT2D eigenvalue weighted by molar-refractivity contribution is 0.451. The van der Waals surface area contributed by atoms with E-state index in [0.29, 0.717) is 29.2 Å². The minimum atomic E-state index is -0.309. The van der Waals surface area contributed by atoms with E-state index in [0.717, 1.165) is 11.3 Å². The Bertz CT molecular complexity index is 969. The summed E-state index contributed by atoms with van der Waals surface area (Å²) < 4.78 is 18.4. The van der Waals surface area contributed by atoms with Gasteiger partial charge in [0.15, 0.2) is 0 Å². The van der Waals surface area contributed by atoms with Gasteiger partial charge in [0.1, 0.15) is 29.0 Å². The van der Waals surface area contributed by atoms with E-state index in [2.05, 4.69) is 25.4 Å². The molecule has 0 aliphatic carbocycles. The molecule has 24 heavy (non-hydrogen) atoms. The monoisotopic (exact) mass is 321 g/mol. The zero-order chi connectivity index (χ0) is 16.4. The Morgan fingerprint density at radius 3 is 2.67 bits per heavy atom. The average molecular weight is 321 g/mol. The van der Waals surface area contributed by atoms with Crippen LogP contribution in [-0.4, -0.2) is 20.1 Å². The summed E-state index contributed by atoms with van der Waals surface area (Å²) in [6.45, 7) is 0.501. The minimum Gasteiger partial charge on any atom is -0.364 e. The molecule has 0 aliphatic rings. The van der Waals surface area contributed by atoms with Gasteiger partial charge in [-0.3, -0.25) is 4.98 Å². The van der Waals surface area contributed by atoms with Crippen molar-refractivity contribution in [1.82, 2.24) is 20.1 Å². The minimum absolute atomic E-state index is 0.309. The number of anilines is 1.